The Balaban J connectivity index is 2.07. The Morgan fingerprint density at radius 2 is 1.91 bits per heavy atom. The molecule has 0 radical (unpaired) electrons. The minimum absolute atomic E-state index is 0.0269. The van der Waals surface area contributed by atoms with Crippen molar-refractivity contribution < 1.29 is 24.3 Å². The normalized spacial score (nSPS) is 11.4. The maximum absolute atomic E-state index is 9.73. The molecule has 4 N–H and O–H groups in total. The lowest BCUT2D eigenvalue weighted by molar-refractivity contribution is -0.681. The zero-order chi connectivity index (χ0) is 16.7. The zero-order valence-corrected chi connectivity index (χ0v) is 13.6. The second-order valence-electron chi connectivity index (χ2n) is 5.14. The van der Waals surface area contributed by atoms with Gasteiger partial charge in [-0.15, -0.1) is 0 Å². The highest BCUT2D eigenvalue weighted by atomic mass is 16.5. The molecule has 1 aromatic heterocycles. The highest BCUT2D eigenvalue weighted by Gasteiger charge is 2.22. The molecule has 0 aliphatic rings. The molecule has 0 aliphatic heterocycles. The van der Waals surface area contributed by atoms with E-state index in [9.17, 15) is 5.11 Å². The summed E-state index contributed by atoms with van der Waals surface area (Å²) in [4.78, 5) is 0. The van der Waals surface area contributed by atoms with Crippen molar-refractivity contribution in [3.63, 3.8) is 0 Å². The van der Waals surface area contributed by atoms with Crippen molar-refractivity contribution in [1.29, 1.82) is 0 Å². The molecule has 7 heteroatoms. The topological polar surface area (TPSA) is 93.8 Å². The van der Waals surface area contributed by atoms with Gasteiger partial charge in [-0.1, -0.05) is 0 Å². The van der Waals surface area contributed by atoms with Crippen LogP contribution in [0.15, 0.2) is 18.2 Å². The van der Waals surface area contributed by atoms with Gasteiger partial charge in [0.1, 0.15) is 12.3 Å². The van der Waals surface area contributed by atoms with E-state index in [0.29, 0.717) is 39.5 Å². The van der Waals surface area contributed by atoms with Crippen LogP contribution in [0.3, 0.4) is 0 Å². The third kappa shape index (κ3) is 4.20. The van der Waals surface area contributed by atoms with E-state index in [4.69, 9.17) is 20.3 Å². The largest absolute Gasteiger partial charge is 0.508 e. The summed E-state index contributed by atoms with van der Waals surface area (Å²) in [5, 5.41) is 18.3. The minimum Gasteiger partial charge on any atom is -0.508 e. The quantitative estimate of drug-likeness (QED) is 0.427. The summed E-state index contributed by atoms with van der Waals surface area (Å²) in [6.45, 7) is 5.82. The summed E-state index contributed by atoms with van der Waals surface area (Å²) in [6.07, 6.45) is 0. The number of fused-ring (bicyclic) bond motifs is 1. The van der Waals surface area contributed by atoms with Gasteiger partial charge in [-0.25, -0.2) is 9.13 Å². The number of aryl methyl sites for hydroxylation is 1. The number of phenols is 1. The molecule has 1 heterocycles. The minimum atomic E-state index is 0.0269. The Kier molecular flexibility index (Phi) is 6.79. The molecule has 128 valence electrons. The van der Waals surface area contributed by atoms with Gasteiger partial charge in [-0.05, 0) is 19.1 Å². The predicted octanol–water partition coefficient (Wildman–Crippen LogP) is 0.139. The first-order valence-corrected chi connectivity index (χ1v) is 7.93. The van der Waals surface area contributed by atoms with Gasteiger partial charge < -0.3 is 25.4 Å². The molecule has 7 nitrogen and oxygen atoms in total. The average Bonchev–Trinajstić information content (AvgIpc) is 2.85. The van der Waals surface area contributed by atoms with Gasteiger partial charge in [0.15, 0.2) is 11.0 Å². The maximum Gasteiger partial charge on any atom is 0.271 e. The Morgan fingerprint density at radius 1 is 1.17 bits per heavy atom. The van der Waals surface area contributed by atoms with Crippen LogP contribution in [0.25, 0.3) is 11.0 Å². The van der Waals surface area contributed by atoms with Crippen molar-refractivity contribution in [2.45, 2.75) is 26.6 Å². The molecule has 2 aromatic rings. The summed E-state index contributed by atoms with van der Waals surface area (Å²) in [6, 6.07) is 5.35. The van der Waals surface area contributed by atoms with Gasteiger partial charge in [0.2, 0.25) is 0 Å². The Bertz CT molecular complexity index is 627. The van der Waals surface area contributed by atoms with Crippen LogP contribution in [0, 0.1) is 0 Å². The van der Waals surface area contributed by atoms with Crippen molar-refractivity contribution in [2.75, 3.05) is 33.0 Å². The Labute approximate surface area is 135 Å². The van der Waals surface area contributed by atoms with Crippen molar-refractivity contribution in [2.24, 2.45) is 5.73 Å². The Hall–Kier alpha value is -1.67. The number of hydrogen-bond donors (Lipinski definition) is 3. The van der Waals surface area contributed by atoms with E-state index in [-0.39, 0.29) is 12.4 Å². The third-order valence-electron chi connectivity index (χ3n) is 3.73. The fraction of sp³-hybridized carbons (Fsp3) is 0.562. The molecule has 0 aliphatic carbocycles. The van der Waals surface area contributed by atoms with E-state index in [1.54, 1.807) is 12.1 Å². The summed E-state index contributed by atoms with van der Waals surface area (Å²) >= 11 is 0. The second-order valence-corrected chi connectivity index (χ2v) is 5.14. The number of ether oxygens (including phenoxy) is 2. The van der Waals surface area contributed by atoms with Gasteiger partial charge in [0, 0.05) is 6.07 Å². The van der Waals surface area contributed by atoms with Crippen LogP contribution in [0.2, 0.25) is 0 Å². The summed E-state index contributed by atoms with van der Waals surface area (Å²) in [5.41, 5.74) is 7.93. The maximum atomic E-state index is 9.73. The number of imidazole rings is 1. The number of aliphatic hydroxyl groups is 1. The van der Waals surface area contributed by atoms with Gasteiger partial charge in [0.05, 0.1) is 46.1 Å². The smallest absolute Gasteiger partial charge is 0.271 e. The first kappa shape index (κ1) is 17.7. The lowest BCUT2D eigenvalue weighted by atomic mass is 10.3. The van der Waals surface area contributed by atoms with Crippen molar-refractivity contribution >= 4 is 11.0 Å². The Morgan fingerprint density at radius 3 is 2.57 bits per heavy atom. The number of aromatic nitrogens is 2. The SMILES string of the molecule is CCn1c(CN)[n+](CCOCCOCCO)c2ccc(O)cc21. The standard InChI is InChI=1S/C16H25N3O4/c1-2-18-15-11-13(21)3-4-14(15)19(16(18)12-17)5-7-22-9-10-23-8-6-20/h3-4,11,20H,2,5-10,12,17H2,1H3/p+1. The molecule has 0 amide bonds. The third-order valence-corrected chi connectivity index (χ3v) is 3.73. The van der Waals surface area contributed by atoms with E-state index in [2.05, 4.69) is 16.1 Å². The van der Waals surface area contributed by atoms with Crippen LogP contribution in [0.4, 0.5) is 0 Å². The molecule has 1 aromatic carbocycles. The van der Waals surface area contributed by atoms with Crippen LogP contribution in [0.1, 0.15) is 12.7 Å². The molecule has 23 heavy (non-hydrogen) atoms. The molecular weight excluding hydrogens is 298 g/mol. The lowest BCUT2D eigenvalue weighted by Crippen LogP contribution is -2.41. The number of nitrogens with two attached hydrogens (primary N) is 1. The molecule has 2 rings (SSSR count). The highest BCUT2D eigenvalue weighted by molar-refractivity contribution is 5.74. The molecule has 0 spiro atoms. The number of nitrogens with zero attached hydrogens (tertiary/aromatic N) is 2. The summed E-state index contributed by atoms with van der Waals surface area (Å²) < 4.78 is 15.0. The van der Waals surface area contributed by atoms with Crippen molar-refractivity contribution in [1.82, 2.24) is 4.57 Å². The van der Waals surface area contributed by atoms with Crippen LogP contribution >= 0.6 is 0 Å². The van der Waals surface area contributed by atoms with Crippen LogP contribution < -0.4 is 10.3 Å². The van der Waals surface area contributed by atoms with Crippen LogP contribution in [-0.2, 0) is 29.1 Å². The monoisotopic (exact) mass is 324 g/mol. The van der Waals surface area contributed by atoms with E-state index >= 15 is 0 Å². The van der Waals surface area contributed by atoms with Crippen LogP contribution in [-0.4, -0.2) is 47.8 Å². The fourth-order valence-corrected chi connectivity index (χ4v) is 2.75. The van der Waals surface area contributed by atoms with E-state index in [1.807, 2.05) is 6.07 Å². The fourth-order valence-electron chi connectivity index (χ4n) is 2.75. The first-order valence-electron chi connectivity index (χ1n) is 7.93. The average molecular weight is 324 g/mol. The first-order chi connectivity index (χ1) is 11.2. The van der Waals surface area contributed by atoms with Crippen molar-refractivity contribution in [3.8, 4) is 5.75 Å². The molecule has 0 bridgehead atoms. The summed E-state index contributed by atoms with van der Waals surface area (Å²) in [5.74, 6) is 1.26. The van der Waals surface area contributed by atoms with Gasteiger partial charge >= 0.3 is 0 Å². The number of aliphatic hydroxyl groups excluding tert-OH is 1. The molecular formula is C16H26N3O4+. The molecule has 0 unspecified atom stereocenters. The highest BCUT2D eigenvalue weighted by Crippen LogP contribution is 2.20. The van der Waals surface area contributed by atoms with Crippen molar-refractivity contribution in [3.05, 3.63) is 24.0 Å². The molecule has 0 fully saturated rings. The molecule has 0 atom stereocenters. The number of rotatable bonds is 10. The number of hydrogen-bond acceptors (Lipinski definition) is 5. The van der Waals surface area contributed by atoms with Crippen LogP contribution in [0.5, 0.6) is 5.75 Å². The predicted molar refractivity (Wildman–Crippen MR) is 86.1 cm³/mol. The summed E-state index contributed by atoms with van der Waals surface area (Å²) in [7, 11) is 0. The van der Waals surface area contributed by atoms with Gasteiger partial charge in [-0.2, -0.15) is 0 Å². The number of phenolic OH excluding ortho intramolecular Hbond substituents is 1. The van der Waals surface area contributed by atoms with E-state index in [1.165, 1.54) is 0 Å². The van der Waals surface area contributed by atoms with Gasteiger partial charge in [0.25, 0.3) is 5.82 Å². The number of aromatic hydroxyl groups is 1. The zero-order valence-electron chi connectivity index (χ0n) is 13.6. The number of benzene rings is 1. The van der Waals surface area contributed by atoms with E-state index in [0.717, 1.165) is 23.4 Å². The lowest BCUT2D eigenvalue weighted by Gasteiger charge is -2.05. The molecule has 0 saturated heterocycles. The second kappa shape index (κ2) is 8.83. The molecule has 0 saturated carbocycles. The van der Waals surface area contributed by atoms with E-state index < -0.39 is 0 Å². The van der Waals surface area contributed by atoms with Gasteiger partial charge in [-0.3, -0.25) is 0 Å².